The molecule has 6 heteroatoms. The summed E-state index contributed by atoms with van der Waals surface area (Å²) in [4.78, 5) is 14.2. The molecule has 1 aromatic rings. The summed E-state index contributed by atoms with van der Waals surface area (Å²) in [6.07, 6.45) is 0.716. The Morgan fingerprint density at radius 1 is 1.13 bits per heavy atom. The number of alkyl carbamates (subject to hydrolysis) is 1. The number of amides is 1. The highest BCUT2D eigenvalue weighted by molar-refractivity contribution is 5.67. The molecule has 1 aromatic carbocycles. The van der Waals surface area contributed by atoms with Crippen LogP contribution in [0, 0.1) is 0 Å². The van der Waals surface area contributed by atoms with Crippen LogP contribution in [-0.4, -0.2) is 67.8 Å². The monoisotopic (exact) mass is 383 g/mol. The van der Waals surface area contributed by atoms with Crippen molar-refractivity contribution >= 4 is 6.09 Å². The van der Waals surface area contributed by atoms with Crippen molar-refractivity contribution in [3.8, 4) is 0 Å². The zero-order valence-electron chi connectivity index (χ0n) is 13.5. The molecule has 1 amide bonds. The number of quaternary nitrogens is 1. The maximum Gasteiger partial charge on any atom is 0.407 e. The van der Waals surface area contributed by atoms with Gasteiger partial charge >= 0.3 is 6.09 Å². The van der Waals surface area contributed by atoms with Crippen molar-refractivity contribution in [1.82, 2.24) is 10.2 Å². The van der Waals surface area contributed by atoms with Crippen molar-refractivity contribution < 1.29 is 31.0 Å². The van der Waals surface area contributed by atoms with Gasteiger partial charge in [-0.1, -0.05) is 30.3 Å². The van der Waals surface area contributed by atoms with Gasteiger partial charge < -0.3 is 31.5 Å². The predicted octanol–water partition coefficient (Wildman–Crippen LogP) is -1.55. The maximum absolute atomic E-state index is 11.7. The Morgan fingerprint density at radius 2 is 1.78 bits per heavy atom. The largest absolute Gasteiger partial charge is 1.00 e. The smallest absolute Gasteiger partial charge is 0.407 e. The minimum absolute atomic E-state index is 0. The van der Waals surface area contributed by atoms with Gasteiger partial charge in [0.1, 0.15) is 6.61 Å². The summed E-state index contributed by atoms with van der Waals surface area (Å²) in [5.41, 5.74) is 1.02. The minimum atomic E-state index is -0.313. The summed E-state index contributed by atoms with van der Waals surface area (Å²) in [7, 11) is 0. The zero-order chi connectivity index (χ0) is 15.3. The Labute approximate surface area is 149 Å². The first-order valence-electron chi connectivity index (χ1n) is 8.28. The van der Waals surface area contributed by atoms with E-state index in [-0.39, 0.29) is 23.1 Å². The lowest BCUT2D eigenvalue weighted by Crippen LogP contribution is -3.00. The molecule has 2 bridgehead atoms. The molecular formula is C17H26BrN3O2. The van der Waals surface area contributed by atoms with Crippen LogP contribution in [0.3, 0.4) is 0 Å². The molecule has 0 aromatic heterocycles. The molecule has 0 unspecified atom stereocenters. The van der Waals surface area contributed by atoms with E-state index in [2.05, 4.69) is 10.2 Å². The Hall–Kier alpha value is -1.11. The van der Waals surface area contributed by atoms with Crippen LogP contribution in [0.25, 0.3) is 0 Å². The lowest BCUT2D eigenvalue weighted by atomic mass is 10.1. The fourth-order valence-electron chi connectivity index (χ4n) is 3.45. The molecule has 128 valence electrons. The number of hydrogen-bond acceptors (Lipinski definition) is 3. The molecule has 5 nitrogen and oxygen atoms in total. The van der Waals surface area contributed by atoms with Crippen LogP contribution >= 0.6 is 0 Å². The first-order valence-corrected chi connectivity index (χ1v) is 8.28. The number of hydrogen-bond donors (Lipinski definition) is 1. The third kappa shape index (κ3) is 5.19. The van der Waals surface area contributed by atoms with E-state index in [4.69, 9.17) is 4.74 Å². The van der Waals surface area contributed by atoms with E-state index in [0.29, 0.717) is 13.2 Å². The lowest BCUT2D eigenvalue weighted by molar-refractivity contribution is -0.941. The van der Waals surface area contributed by atoms with E-state index in [1.165, 1.54) is 50.3 Å². The summed E-state index contributed by atoms with van der Waals surface area (Å²) >= 11 is 0. The number of ether oxygens (including phenoxy) is 1. The number of carbonyl (C=O) groups is 1. The van der Waals surface area contributed by atoms with Crippen molar-refractivity contribution in [2.24, 2.45) is 0 Å². The number of benzene rings is 1. The number of nitrogens with zero attached hydrogens (tertiary/aromatic N) is 2. The molecule has 0 radical (unpaired) electrons. The fraction of sp³-hybridized carbons (Fsp3) is 0.588. The van der Waals surface area contributed by atoms with Crippen molar-refractivity contribution in [2.75, 3.05) is 52.4 Å². The number of carbonyl (C=O) groups excluding carboxylic acids is 1. The predicted molar refractivity (Wildman–Crippen MR) is 85.4 cm³/mol. The Balaban J connectivity index is 0.00000192. The molecule has 3 heterocycles. The normalized spacial score (nSPS) is 25.5. The highest BCUT2D eigenvalue weighted by Gasteiger charge is 2.37. The third-order valence-electron chi connectivity index (χ3n) is 4.96. The van der Waals surface area contributed by atoms with Gasteiger partial charge in [-0.25, -0.2) is 4.79 Å². The summed E-state index contributed by atoms with van der Waals surface area (Å²) < 4.78 is 6.46. The van der Waals surface area contributed by atoms with Gasteiger partial charge in [0.25, 0.3) is 0 Å². The Kier molecular flexibility index (Phi) is 6.87. The topological polar surface area (TPSA) is 41.6 Å². The quantitative estimate of drug-likeness (QED) is 0.477. The number of halogens is 1. The first-order chi connectivity index (χ1) is 10.8. The molecule has 0 saturated carbocycles. The second kappa shape index (κ2) is 8.66. The molecule has 3 saturated heterocycles. The number of fused-ring (bicyclic) bond motifs is 3. The zero-order valence-corrected chi connectivity index (χ0v) is 15.1. The van der Waals surface area contributed by atoms with Gasteiger partial charge in [0.05, 0.1) is 26.2 Å². The molecular weight excluding hydrogens is 358 g/mol. The molecule has 1 N–H and O–H groups in total. The van der Waals surface area contributed by atoms with Crippen molar-refractivity contribution in [1.29, 1.82) is 0 Å². The van der Waals surface area contributed by atoms with E-state index in [0.717, 1.165) is 12.0 Å². The van der Waals surface area contributed by atoms with E-state index < -0.39 is 0 Å². The molecule has 3 aliphatic rings. The summed E-state index contributed by atoms with van der Waals surface area (Å²) in [6, 6.07) is 9.77. The second-order valence-electron chi connectivity index (χ2n) is 6.42. The second-order valence-corrected chi connectivity index (χ2v) is 6.42. The average Bonchev–Trinajstić information content (AvgIpc) is 2.59. The summed E-state index contributed by atoms with van der Waals surface area (Å²) in [5, 5.41) is 2.87. The van der Waals surface area contributed by atoms with Crippen LogP contribution in [0.2, 0.25) is 0 Å². The van der Waals surface area contributed by atoms with Crippen LogP contribution in [0.5, 0.6) is 0 Å². The first kappa shape index (κ1) is 18.2. The average molecular weight is 384 g/mol. The molecule has 3 fully saturated rings. The van der Waals surface area contributed by atoms with Crippen LogP contribution in [0.4, 0.5) is 4.79 Å². The van der Waals surface area contributed by atoms with E-state index >= 15 is 0 Å². The van der Waals surface area contributed by atoms with Gasteiger partial charge in [0.2, 0.25) is 0 Å². The lowest BCUT2D eigenvalue weighted by Gasteiger charge is -2.50. The molecule has 3 aliphatic heterocycles. The molecule has 0 spiro atoms. The van der Waals surface area contributed by atoms with Gasteiger partial charge in [0, 0.05) is 32.6 Å². The molecule has 23 heavy (non-hydrogen) atoms. The van der Waals surface area contributed by atoms with E-state index in [9.17, 15) is 4.79 Å². The Morgan fingerprint density at radius 3 is 2.43 bits per heavy atom. The van der Waals surface area contributed by atoms with Gasteiger partial charge in [-0.15, -0.1) is 0 Å². The third-order valence-corrected chi connectivity index (χ3v) is 4.96. The number of nitrogens with one attached hydrogen (secondary N) is 1. The van der Waals surface area contributed by atoms with Gasteiger partial charge in [-0.3, -0.25) is 4.90 Å². The van der Waals surface area contributed by atoms with E-state index in [1.54, 1.807) is 0 Å². The number of rotatable bonds is 6. The van der Waals surface area contributed by atoms with Gasteiger partial charge in [0.15, 0.2) is 0 Å². The van der Waals surface area contributed by atoms with E-state index in [1.807, 2.05) is 30.3 Å². The highest BCUT2D eigenvalue weighted by atomic mass is 79.9. The van der Waals surface area contributed by atoms with Gasteiger partial charge in [-0.2, -0.15) is 0 Å². The van der Waals surface area contributed by atoms with Crippen LogP contribution in [0.15, 0.2) is 30.3 Å². The summed E-state index contributed by atoms with van der Waals surface area (Å²) in [6.45, 7) is 9.77. The van der Waals surface area contributed by atoms with Crippen LogP contribution in [-0.2, 0) is 11.3 Å². The standard InChI is InChI=1S/C17H25N3O2.BrH/c21-17(22-15-16-5-2-1-3-6-16)18-7-4-11-20-12-8-19(9-13-20)10-14-20;/h1-3,5-6H,4,7-15H2;1H. The SMILES string of the molecule is O=C(NCCC[N+]12CCN(CC1)CC2)OCc1ccccc1.[Br-]. The molecule has 0 aliphatic carbocycles. The molecule has 0 atom stereocenters. The summed E-state index contributed by atoms with van der Waals surface area (Å²) in [5.74, 6) is 0. The number of piperazine rings is 3. The van der Waals surface area contributed by atoms with Crippen molar-refractivity contribution in [3.63, 3.8) is 0 Å². The Bertz CT molecular complexity index is 476. The van der Waals surface area contributed by atoms with Gasteiger partial charge in [-0.05, 0) is 5.56 Å². The fourth-order valence-corrected chi connectivity index (χ4v) is 3.45. The van der Waals surface area contributed by atoms with Crippen LogP contribution in [0.1, 0.15) is 12.0 Å². The van der Waals surface area contributed by atoms with Crippen LogP contribution < -0.4 is 22.3 Å². The highest BCUT2D eigenvalue weighted by Crippen LogP contribution is 2.19. The van der Waals surface area contributed by atoms with Crippen molar-refractivity contribution in [3.05, 3.63) is 35.9 Å². The minimum Gasteiger partial charge on any atom is -1.00 e. The molecule has 4 rings (SSSR count). The maximum atomic E-state index is 11.7. The van der Waals surface area contributed by atoms with Crippen molar-refractivity contribution in [2.45, 2.75) is 13.0 Å².